The van der Waals surface area contributed by atoms with Crippen LogP contribution in [0.3, 0.4) is 0 Å². The van der Waals surface area contributed by atoms with Crippen LogP contribution in [0.4, 0.5) is 10.5 Å². The van der Waals surface area contributed by atoms with Crippen LogP contribution < -0.4 is 5.32 Å². The van der Waals surface area contributed by atoms with Crippen molar-refractivity contribution >= 4 is 44.8 Å². The fourth-order valence-electron chi connectivity index (χ4n) is 2.94. The normalized spacial score (nSPS) is 18.5. The topological polar surface area (TPSA) is 66.5 Å². The molecule has 1 N–H and O–H groups in total. The second-order valence-electron chi connectivity index (χ2n) is 6.22. The molecule has 0 aromatic heterocycles. The highest BCUT2D eigenvalue weighted by Gasteiger charge is 2.35. The fraction of sp³-hybridized carbons (Fsp3) is 0.278. The lowest BCUT2D eigenvalue weighted by Crippen LogP contribution is -2.43. The van der Waals surface area contributed by atoms with E-state index in [9.17, 15) is 13.2 Å². The lowest BCUT2D eigenvalue weighted by molar-refractivity contribution is 0.190. The Balaban J connectivity index is 1.85. The molecule has 2 aromatic rings. The zero-order valence-electron chi connectivity index (χ0n) is 13.9. The molecule has 0 saturated carbocycles. The van der Waals surface area contributed by atoms with Crippen molar-refractivity contribution in [3.63, 3.8) is 0 Å². The first-order chi connectivity index (χ1) is 12.3. The third-order valence-corrected chi connectivity index (χ3v) is 6.63. The predicted octanol–water partition coefficient (Wildman–Crippen LogP) is 4.21. The van der Waals surface area contributed by atoms with Gasteiger partial charge < -0.3 is 10.2 Å². The molecule has 1 aliphatic rings. The molecule has 5 nitrogen and oxygen atoms in total. The van der Waals surface area contributed by atoms with Crippen LogP contribution in [0, 0.1) is 0 Å². The van der Waals surface area contributed by atoms with E-state index in [4.69, 9.17) is 23.2 Å². The largest absolute Gasteiger partial charge is 0.322 e. The number of carbonyl (C=O) groups excluding carboxylic acids is 1. The van der Waals surface area contributed by atoms with Crippen LogP contribution in [-0.2, 0) is 16.4 Å². The second-order valence-corrected chi connectivity index (χ2v) is 9.29. The molecule has 1 fully saturated rings. The van der Waals surface area contributed by atoms with Gasteiger partial charge in [-0.1, -0.05) is 47.5 Å². The number of halogens is 2. The van der Waals surface area contributed by atoms with Crippen molar-refractivity contribution in [3.8, 4) is 0 Å². The monoisotopic (exact) mass is 412 g/mol. The molecule has 0 spiro atoms. The number of hydrogen-bond acceptors (Lipinski definition) is 3. The van der Waals surface area contributed by atoms with Crippen LogP contribution in [0.25, 0.3) is 0 Å². The van der Waals surface area contributed by atoms with E-state index in [0.717, 1.165) is 0 Å². The molecular weight excluding hydrogens is 395 g/mol. The number of nitrogens with zero attached hydrogens (tertiary/aromatic N) is 1. The molecular formula is C18H18Cl2N2O3S. The van der Waals surface area contributed by atoms with Gasteiger partial charge in [0.1, 0.15) is 0 Å². The Morgan fingerprint density at radius 2 is 1.88 bits per heavy atom. The molecule has 2 aromatic carbocycles. The van der Waals surface area contributed by atoms with Crippen molar-refractivity contribution < 1.29 is 13.2 Å². The predicted molar refractivity (Wildman–Crippen MR) is 105 cm³/mol. The van der Waals surface area contributed by atoms with Crippen LogP contribution >= 0.6 is 23.2 Å². The van der Waals surface area contributed by atoms with Crippen LogP contribution in [0.15, 0.2) is 48.5 Å². The lowest BCUT2D eigenvalue weighted by atomic mass is 10.1. The van der Waals surface area contributed by atoms with Gasteiger partial charge in [-0.2, -0.15) is 0 Å². The maximum atomic E-state index is 12.8. The molecule has 2 amide bonds. The molecule has 1 heterocycles. The Kier molecular flexibility index (Phi) is 5.75. The molecule has 0 bridgehead atoms. The minimum atomic E-state index is -3.13. The number of nitrogens with one attached hydrogen (secondary N) is 1. The van der Waals surface area contributed by atoms with Crippen molar-refractivity contribution in [3.05, 3.63) is 64.1 Å². The minimum Gasteiger partial charge on any atom is -0.316 e. The summed E-state index contributed by atoms with van der Waals surface area (Å²) in [6.45, 7) is 0.203. The molecule has 1 unspecified atom stereocenters. The van der Waals surface area contributed by atoms with E-state index in [2.05, 4.69) is 5.32 Å². The fourth-order valence-corrected chi connectivity index (χ4v) is 5.14. The van der Waals surface area contributed by atoms with Gasteiger partial charge >= 0.3 is 6.03 Å². The molecule has 1 saturated heterocycles. The SMILES string of the molecule is O=C(Nc1ccccc1)N(Cc1ccc(Cl)cc1Cl)C1CCS(=O)(=O)C1. The summed E-state index contributed by atoms with van der Waals surface area (Å²) in [5, 5.41) is 3.76. The summed E-state index contributed by atoms with van der Waals surface area (Å²) in [6.07, 6.45) is 0.412. The molecule has 3 rings (SSSR count). The van der Waals surface area contributed by atoms with Crippen LogP contribution in [0.1, 0.15) is 12.0 Å². The number of carbonyl (C=O) groups is 1. The highest BCUT2D eigenvalue weighted by Crippen LogP contribution is 2.26. The molecule has 1 atom stereocenters. The average molecular weight is 413 g/mol. The van der Waals surface area contributed by atoms with Gasteiger partial charge in [-0.15, -0.1) is 0 Å². The summed E-state index contributed by atoms with van der Waals surface area (Å²) in [5.74, 6) is 0.0432. The average Bonchev–Trinajstić information content (AvgIpc) is 2.94. The molecule has 1 aliphatic heterocycles. The van der Waals surface area contributed by atoms with Crippen molar-refractivity contribution in [1.82, 2.24) is 4.90 Å². The number of para-hydroxylation sites is 1. The van der Waals surface area contributed by atoms with Crippen molar-refractivity contribution in [2.45, 2.75) is 19.0 Å². The Labute approximate surface area is 162 Å². The molecule has 0 radical (unpaired) electrons. The number of sulfone groups is 1. The summed E-state index contributed by atoms with van der Waals surface area (Å²) in [6, 6.07) is 13.3. The van der Waals surface area contributed by atoms with Gasteiger partial charge in [0.2, 0.25) is 0 Å². The molecule has 26 heavy (non-hydrogen) atoms. The number of rotatable bonds is 4. The highest BCUT2D eigenvalue weighted by molar-refractivity contribution is 7.91. The Morgan fingerprint density at radius 1 is 1.15 bits per heavy atom. The first-order valence-electron chi connectivity index (χ1n) is 8.11. The van der Waals surface area contributed by atoms with Gasteiger partial charge in [-0.3, -0.25) is 0 Å². The maximum absolute atomic E-state index is 12.8. The third-order valence-electron chi connectivity index (χ3n) is 4.29. The number of anilines is 1. The van der Waals surface area contributed by atoms with Crippen molar-refractivity contribution in [2.24, 2.45) is 0 Å². The van der Waals surface area contributed by atoms with Crippen molar-refractivity contribution in [1.29, 1.82) is 0 Å². The first-order valence-corrected chi connectivity index (χ1v) is 10.7. The Morgan fingerprint density at radius 3 is 2.50 bits per heavy atom. The summed E-state index contributed by atoms with van der Waals surface area (Å²) >= 11 is 12.2. The van der Waals surface area contributed by atoms with Gasteiger partial charge in [0.15, 0.2) is 9.84 Å². The van der Waals surface area contributed by atoms with Gasteiger partial charge in [0.25, 0.3) is 0 Å². The van der Waals surface area contributed by atoms with E-state index in [-0.39, 0.29) is 24.1 Å². The van der Waals surface area contributed by atoms with E-state index in [1.54, 1.807) is 30.3 Å². The standard InChI is InChI=1S/C18H18Cl2N2O3S/c19-14-7-6-13(17(20)10-14)11-22(16-8-9-26(24,25)12-16)18(23)21-15-4-2-1-3-5-15/h1-7,10,16H,8-9,11-12H2,(H,21,23). The van der Waals surface area contributed by atoms with Gasteiger partial charge in [0.05, 0.1) is 11.5 Å². The van der Waals surface area contributed by atoms with Crippen LogP contribution in [-0.4, -0.2) is 36.9 Å². The maximum Gasteiger partial charge on any atom is 0.322 e. The lowest BCUT2D eigenvalue weighted by Gasteiger charge is -2.29. The summed E-state index contributed by atoms with van der Waals surface area (Å²) in [4.78, 5) is 14.4. The summed E-state index contributed by atoms with van der Waals surface area (Å²) in [5.41, 5.74) is 1.36. The van der Waals surface area contributed by atoms with E-state index >= 15 is 0 Å². The van der Waals surface area contributed by atoms with E-state index in [0.29, 0.717) is 27.7 Å². The molecule has 8 heteroatoms. The Hall–Kier alpha value is -1.76. The molecule has 0 aliphatic carbocycles. The van der Waals surface area contributed by atoms with E-state index in [1.807, 2.05) is 18.2 Å². The number of urea groups is 1. The third kappa shape index (κ3) is 4.69. The first kappa shape index (κ1) is 19.0. The van der Waals surface area contributed by atoms with Gasteiger partial charge in [-0.05, 0) is 36.2 Å². The number of hydrogen-bond donors (Lipinski definition) is 1. The van der Waals surface area contributed by atoms with Crippen molar-refractivity contribution in [2.75, 3.05) is 16.8 Å². The number of benzene rings is 2. The van der Waals surface area contributed by atoms with E-state index in [1.165, 1.54) is 4.90 Å². The number of amides is 2. The summed E-state index contributed by atoms with van der Waals surface area (Å²) < 4.78 is 23.8. The minimum absolute atomic E-state index is 0.0413. The van der Waals surface area contributed by atoms with Gasteiger partial charge in [0, 0.05) is 28.3 Å². The second kappa shape index (κ2) is 7.86. The zero-order valence-corrected chi connectivity index (χ0v) is 16.2. The summed E-state index contributed by atoms with van der Waals surface area (Å²) in [7, 11) is -3.13. The van der Waals surface area contributed by atoms with E-state index < -0.39 is 15.9 Å². The zero-order chi connectivity index (χ0) is 18.7. The van der Waals surface area contributed by atoms with Gasteiger partial charge in [-0.25, -0.2) is 13.2 Å². The quantitative estimate of drug-likeness (QED) is 0.817. The Bertz CT molecular complexity index is 904. The highest BCUT2D eigenvalue weighted by atomic mass is 35.5. The smallest absolute Gasteiger partial charge is 0.316 e. The molecule has 138 valence electrons. The van der Waals surface area contributed by atoms with Crippen LogP contribution in [0.2, 0.25) is 10.0 Å². The van der Waals surface area contributed by atoms with Crippen LogP contribution in [0.5, 0.6) is 0 Å².